The SMILES string of the molecule is Cn1nc(-c2ccccc2)cc1S(=O)(=O)NCC1(C(=O)O)CC1. The van der Waals surface area contributed by atoms with Crippen molar-refractivity contribution in [3.05, 3.63) is 36.4 Å². The van der Waals surface area contributed by atoms with Crippen LogP contribution in [0.25, 0.3) is 11.3 Å². The third-order valence-corrected chi connectivity index (χ3v) is 5.55. The van der Waals surface area contributed by atoms with E-state index in [1.165, 1.54) is 10.7 Å². The largest absolute Gasteiger partial charge is 0.481 e. The number of nitrogens with one attached hydrogen (secondary N) is 1. The maximum Gasteiger partial charge on any atom is 0.310 e. The lowest BCUT2D eigenvalue weighted by atomic mass is 10.1. The summed E-state index contributed by atoms with van der Waals surface area (Å²) in [7, 11) is -2.27. The molecule has 0 bridgehead atoms. The second kappa shape index (κ2) is 5.47. The van der Waals surface area contributed by atoms with Crippen molar-refractivity contribution >= 4 is 16.0 Å². The molecule has 1 aromatic carbocycles. The van der Waals surface area contributed by atoms with Crippen LogP contribution in [0.4, 0.5) is 0 Å². The molecule has 0 unspecified atom stereocenters. The second-order valence-corrected chi connectivity index (χ2v) is 7.48. The van der Waals surface area contributed by atoms with Crippen molar-refractivity contribution in [3.8, 4) is 11.3 Å². The van der Waals surface area contributed by atoms with E-state index in [-0.39, 0.29) is 11.6 Å². The van der Waals surface area contributed by atoms with Crippen LogP contribution in [0.1, 0.15) is 12.8 Å². The summed E-state index contributed by atoms with van der Waals surface area (Å²) in [5.74, 6) is -0.963. The molecule has 7 nitrogen and oxygen atoms in total. The van der Waals surface area contributed by atoms with Crippen LogP contribution in [0, 0.1) is 5.41 Å². The lowest BCUT2D eigenvalue weighted by Crippen LogP contribution is -2.35. The monoisotopic (exact) mass is 335 g/mol. The molecule has 2 aromatic rings. The van der Waals surface area contributed by atoms with Gasteiger partial charge in [0, 0.05) is 25.2 Å². The minimum absolute atomic E-state index is 0.0116. The number of benzene rings is 1. The lowest BCUT2D eigenvalue weighted by Gasteiger charge is -2.11. The molecule has 0 radical (unpaired) electrons. The number of aliphatic carboxylic acids is 1. The van der Waals surface area contributed by atoms with Gasteiger partial charge in [-0.3, -0.25) is 9.48 Å². The number of hydrogen-bond acceptors (Lipinski definition) is 4. The smallest absolute Gasteiger partial charge is 0.310 e. The zero-order valence-electron chi connectivity index (χ0n) is 12.6. The van der Waals surface area contributed by atoms with Crippen LogP contribution in [0.2, 0.25) is 0 Å². The normalized spacial score (nSPS) is 16.2. The van der Waals surface area contributed by atoms with E-state index in [0.29, 0.717) is 18.5 Å². The molecular formula is C15H17N3O4S. The van der Waals surface area contributed by atoms with E-state index >= 15 is 0 Å². The molecule has 0 spiro atoms. The van der Waals surface area contributed by atoms with Gasteiger partial charge in [0.1, 0.15) is 0 Å². The Morgan fingerprint density at radius 1 is 1.35 bits per heavy atom. The average Bonchev–Trinajstić information content (AvgIpc) is 3.22. The highest BCUT2D eigenvalue weighted by molar-refractivity contribution is 7.89. The van der Waals surface area contributed by atoms with Crippen molar-refractivity contribution in [2.45, 2.75) is 17.9 Å². The van der Waals surface area contributed by atoms with Gasteiger partial charge in [0.05, 0.1) is 11.1 Å². The van der Waals surface area contributed by atoms with E-state index < -0.39 is 21.4 Å². The molecule has 0 aliphatic heterocycles. The molecular weight excluding hydrogens is 318 g/mol. The van der Waals surface area contributed by atoms with Crippen molar-refractivity contribution < 1.29 is 18.3 Å². The first-order valence-electron chi connectivity index (χ1n) is 7.17. The van der Waals surface area contributed by atoms with Gasteiger partial charge >= 0.3 is 5.97 Å². The van der Waals surface area contributed by atoms with Crippen LogP contribution < -0.4 is 4.72 Å². The first kappa shape index (κ1) is 15.7. The minimum Gasteiger partial charge on any atom is -0.481 e. The fourth-order valence-electron chi connectivity index (χ4n) is 2.38. The number of rotatable bonds is 6. The van der Waals surface area contributed by atoms with Crippen molar-refractivity contribution in [2.24, 2.45) is 12.5 Å². The first-order valence-corrected chi connectivity index (χ1v) is 8.65. The van der Waals surface area contributed by atoms with Crippen LogP contribution in [-0.2, 0) is 21.9 Å². The molecule has 1 aliphatic rings. The Bertz CT molecular complexity index is 839. The molecule has 0 saturated heterocycles. The van der Waals surface area contributed by atoms with E-state index in [1.807, 2.05) is 30.3 Å². The average molecular weight is 335 g/mol. The van der Waals surface area contributed by atoms with E-state index in [4.69, 9.17) is 5.11 Å². The van der Waals surface area contributed by atoms with Gasteiger partial charge in [-0.05, 0) is 12.8 Å². The molecule has 1 saturated carbocycles. The van der Waals surface area contributed by atoms with Crippen LogP contribution >= 0.6 is 0 Å². The standard InChI is InChI=1S/C15H17N3O4S/c1-18-13(9-12(17-18)11-5-3-2-4-6-11)23(21,22)16-10-15(7-8-15)14(19)20/h2-6,9,16H,7-8,10H2,1H3,(H,19,20). The molecule has 0 atom stereocenters. The number of sulfonamides is 1. The quantitative estimate of drug-likeness (QED) is 0.827. The third kappa shape index (κ3) is 2.99. The first-order chi connectivity index (χ1) is 10.8. The molecule has 1 aromatic heterocycles. The Labute approximate surface area is 134 Å². The lowest BCUT2D eigenvalue weighted by molar-refractivity contribution is -0.143. The van der Waals surface area contributed by atoms with Gasteiger partial charge in [-0.25, -0.2) is 13.1 Å². The van der Waals surface area contributed by atoms with Crippen LogP contribution in [0.3, 0.4) is 0 Å². The summed E-state index contributed by atoms with van der Waals surface area (Å²) in [4.78, 5) is 11.1. The molecule has 23 heavy (non-hydrogen) atoms. The number of carboxylic acid groups (broad SMARTS) is 1. The fraction of sp³-hybridized carbons (Fsp3) is 0.333. The van der Waals surface area contributed by atoms with Gasteiger partial charge < -0.3 is 5.11 Å². The Kier molecular flexibility index (Phi) is 3.73. The predicted molar refractivity (Wildman–Crippen MR) is 83.1 cm³/mol. The zero-order valence-corrected chi connectivity index (χ0v) is 13.4. The highest BCUT2D eigenvalue weighted by Crippen LogP contribution is 2.45. The third-order valence-electron chi connectivity index (χ3n) is 4.09. The second-order valence-electron chi connectivity index (χ2n) is 5.77. The summed E-state index contributed by atoms with van der Waals surface area (Å²) >= 11 is 0. The topological polar surface area (TPSA) is 101 Å². The molecule has 3 rings (SSSR count). The molecule has 1 heterocycles. The fourth-order valence-corrected chi connectivity index (χ4v) is 3.65. The summed E-state index contributed by atoms with van der Waals surface area (Å²) in [6.45, 7) is -0.101. The molecule has 1 aliphatic carbocycles. The summed E-state index contributed by atoms with van der Waals surface area (Å²) in [6.07, 6.45) is 0.983. The van der Waals surface area contributed by atoms with Gasteiger partial charge in [-0.1, -0.05) is 30.3 Å². The highest BCUT2D eigenvalue weighted by atomic mass is 32.2. The molecule has 2 N–H and O–H groups in total. The van der Waals surface area contributed by atoms with Gasteiger partial charge in [-0.15, -0.1) is 0 Å². The highest BCUT2D eigenvalue weighted by Gasteiger charge is 2.50. The Morgan fingerprint density at radius 2 is 2.00 bits per heavy atom. The summed E-state index contributed by atoms with van der Waals surface area (Å²) in [6, 6.07) is 10.7. The van der Waals surface area contributed by atoms with Crippen molar-refractivity contribution in [2.75, 3.05) is 6.54 Å². The maximum absolute atomic E-state index is 12.4. The Balaban J connectivity index is 1.83. The molecule has 1 fully saturated rings. The molecule has 122 valence electrons. The number of hydrogen-bond donors (Lipinski definition) is 2. The summed E-state index contributed by atoms with van der Waals surface area (Å²) in [5.41, 5.74) is 0.412. The van der Waals surface area contributed by atoms with Crippen LogP contribution in [0.5, 0.6) is 0 Å². The number of aryl methyl sites for hydroxylation is 1. The van der Waals surface area contributed by atoms with E-state index in [9.17, 15) is 13.2 Å². The Morgan fingerprint density at radius 3 is 2.57 bits per heavy atom. The predicted octanol–water partition coefficient (Wildman–Crippen LogP) is 1.23. The van der Waals surface area contributed by atoms with Crippen molar-refractivity contribution in [1.29, 1.82) is 0 Å². The van der Waals surface area contributed by atoms with E-state index in [1.54, 1.807) is 7.05 Å². The van der Waals surface area contributed by atoms with Crippen LogP contribution in [0.15, 0.2) is 41.4 Å². The Hall–Kier alpha value is -2.19. The van der Waals surface area contributed by atoms with Gasteiger partial charge in [0.15, 0.2) is 5.03 Å². The van der Waals surface area contributed by atoms with Gasteiger partial charge in [-0.2, -0.15) is 5.10 Å². The number of nitrogens with zero attached hydrogens (tertiary/aromatic N) is 2. The van der Waals surface area contributed by atoms with E-state index in [0.717, 1.165) is 5.56 Å². The number of carbonyl (C=O) groups is 1. The zero-order chi connectivity index (χ0) is 16.7. The number of aromatic nitrogens is 2. The molecule has 8 heteroatoms. The molecule has 0 amide bonds. The van der Waals surface area contributed by atoms with Gasteiger partial charge in [0.2, 0.25) is 0 Å². The summed E-state index contributed by atoms with van der Waals surface area (Å²) in [5, 5.41) is 13.4. The van der Waals surface area contributed by atoms with Gasteiger partial charge in [0.25, 0.3) is 10.0 Å². The number of carboxylic acids is 1. The van der Waals surface area contributed by atoms with Crippen molar-refractivity contribution in [1.82, 2.24) is 14.5 Å². The summed E-state index contributed by atoms with van der Waals surface area (Å²) < 4.78 is 28.5. The van der Waals surface area contributed by atoms with E-state index in [2.05, 4.69) is 9.82 Å². The van der Waals surface area contributed by atoms with Crippen LogP contribution in [-0.4, -0.2) is 35.8 Å². The minimum atomic E-state index is -3.82. The maximum atomic E-state index is 12.4. The van der Waals surface area contributed by atoms with Crippen molar-refractivity contribution in [3.63, 3.8) is 0 Å².